The minimum absolute atomic E-state index is 0.0247. The molecule has 0 atom stereocenters. The van der Waals surface area contributed by atoms with Crippen molar-refractivity contribution >= 4 is 23.2 Å². The lowest BCUT2D eigenvalue weighted by Gasteiger charge is -2.09. The summed E-state index contributed by atoms with van der Waals surface area (Å²) < 4.78 is 5.06. The number of hydrogen-bond acceptors (Lipinski definition) is 3. The molecule has 4 nitrogen and oxygen atoms in total. The molecule has 0 saturated heterocycles. The van der Waals surface area contributed by atoms with Gasteiger partial charge >= 0.3 is 0 Å². The Labute approximate surface area is 125 Å². The van der Waals surface area contributed by atoms with E-state index in [1.165, 1.54) is 0 Å². The molecule has 20 heavy (non-hydrogen) atoms. The molecule has 0 saturated carbocycles. The van der Waals surface area contributed by atoms with E-state index in [2.05, 4.69) is 24.5 Å². The maximum Gasteiger partial charge on any atom is 0.225 e. The van der Waals surface area contributed by atoms with Crippen LogP contribution in [0.5, 0.6) is 5.75 Å². The molecule has 1 rings (SSSR count). The molecule has 0 aliphatic rings. The van der Waals surface area contributed by atoms with E-state index in [4.69, 9.17) is 16.3 Å². The highest BCUT2D eigenvalue weighted by Gasteiger charge is 2.05. The summed E-state index contributed by atoms with van der Waals surface area (Å²) in [6, 6.07) is 5.19. The summed E-state index contributed by atoms with van der Waals surface area (Å²) in [5.41, 5.74) is 0.683. The van der Waals surface area contributed by atoms with Crippen LogP contribution in [0.25, 0.3) is 0 Å². The fraction of sp³-hybridized carbons (Fsp3) is 0.533. The standard InChI is InChI=1S/C15H23ClN2O2/c1-11(2)6-8-17-9-7-15(19)18-12-4-5-14(20-3)13(16)10-12/h4-5,10-11,17H,6-9H2,1-3H3,(H,18,19). The lowest BCUT2D eigenvalue weighted by Crippen LogP contribution is -2.23. The van der Waals surface area contributed by atoms with Gasteiger partial charge in [0.05, 0.1) is 12.1 Å². The molecule has 0 heterocycles. The molecule has 0 aliphatic carbocycles. The first-order valence-corrected chi connectivity index (χ1v) is 7.25. The van der Waals surface area contributed by atoms with Crippen LogP contribution in [-0.2, 0) is 4.79 Å². The number of amides is 1. The summed E-state index contributed by atoms with van der Waals surface area (Å²) in [7, 11) is 1.56. The van der Waals surface area contributed by atoms with Crippen molar-refractivity contribution in [1.82, 2.24) is 5.32 Å². The summed E-state index contributed by atoms with van der Waals surface area (Å²) in [4.78, 5) is 11.7. The number of ether oxygens (including phenoxy) is 1. The van der Waals surface area contributed by atoms with E-state index < -0.39 is 0 Å². The average Bonchev–Trinajstić information content (AvgIpc) is 2.38. The highest BCUT2D eigenvalue weighted by molar-refractivity contribution is 6.32. The lowest BCUT2D eigenvalue weighted by molar-refractivity contribution is -0.116. The monoisotopic (exact) mass is 298 g/mol. The maximum atomic E-state index is 11.7. The fourth-order valence-corrected chi connectivity index (χ4v) is 1.94. The predicted octanol–water partition coefficient (Wildman–Crippen LogP) is 3.31. The van der Waals surface area contributed by atoms with Gasteiger partial charge in [-0.25, -0.2) is 0 Å². The molecule has 112 valence electrons. The zero-order valence-corrected chi connectivity index (χ0v) is 13.1. The molecule has 1 aromatic carbocycles. The SMILES string of the molecule is COc1ccc(NC(=O)CCNCCC(C)C)cc1Cl. The first kappa shape index (κ1) is 16.8. The molecular weight excluding hydrogens is 276 g/mol. The third-order valence-corrected chi connectivity index (χ3v) is 3.16. The van der Waals surface area contributed by atoms with Crippen molar-refractivity contribution in [1.29, 1.82) is 0 Å². The summed E-state index contributed by atoms with van der Waals surface area (Å²) in [5.74, 6) is 1.25. The number of carbonyl (C=O) groups excluding carboxylic acids is 1. The van der Waals surface area contributed by atoms with E-state index in [9.17, 15) is 4.79 Å². The highest BCUT2D eigenvalue weighted by Crippen LogP contribution is 2.27. The van der Waals surface area contributed by atoms with Gasteiger partial charge in [0, 0.05) is 18.7 Å². The Kier molecular flexibility index (Phi) is 7.41. The van der Waals surface area contributed by atoms with Crippen LogP contribution >= 0.6 is 11.6 Å². The maximum absolute atomic E-state index is 11.7. The highest BCUT2D eigenvalue weighted by atomic mass is 35.5. The molecule has 0 bridgehead atoms. The van der Waals surface area contributed by atoms with Crippen molar-refractivity contribution in [3.8, 4) is 5.75 Å². The first-order valence-electron chi connectivity index (χ1n) is 6.87. The Morgan fingerprint density at radius 1 is 1.35 bits per heavy atom. The van der Waals surface area contributed by atoms with Crippen molar-refractivity contribution in [2.45, 2.75) is 26.7 Å². The van der Waals surface area contributed by atoms with Gasteiger partial charge in [-0.3, -0.25) is 4.79 Å². The average molecular weight is 299 g/mol. The number of carbonyl (C=O) groups is 1. The minimum Gasteiger partial charge on any atom is -0.495 e. The van der Waals surface area contributed by atoms with Crippen LogP contribution in [0.2, 0.25) is 5.02 Å². The van der Waals surface area contributed by atoms with E-state index in [-0.39, 0.29) is 5.91 Å². The second kappa shape index (κ2) is 8.82. The summed E-state index contributed by atoms with van der Waals surface area (Å²) in [6.45, 7) is 5.99. The molecule has 5 heteroatoms. The Morgan fingerprint density at radius 2 is 2.10 bits per heavy atom. The third-order valence-electron chi connectivity index (χ3n) is 2.86. The number of halogens is 1. The first-order chi connectivity index (χ1) is 9.52. The number of nitrogens with one attached hydrogen (secondary N) is 2. The Morgan fingerprint density at radius 3 is 2.70 bits per heavy atom. The number of anilines is 1. The lowest BCUT2D eigenvalue weighted by atomic mass is 10.1. The number of methoxy groups -OCH3 is 1. The van der Waals surface area contributed by atoms with Gasteiger partial charge in [0.25, 0.3) is 0 Å². The second-order valence-corrected chi connectivity index (χ2v) is 5.49. The van der Waals surface area contributed by atoms with E-state index in [0.717, 1.165) is 13.0 Å². The topological polar surface area (TPSA) is 50.4 Å². The number of benzene rings is 1. The van der Waals surface area contributed by atoms with Crippen molar-refractivity contribution in [3.63, 3.8) is 0 Å². The van der Waals surface area contributed by atoms with Crippen molar-refractivity contribution < 1.29 is 9.53 Å². The predicted molar refractivity (Wildman–Crippen MR) is 83.6 cm³/mol. The zero-order valence-electron chi connectivity index (χ0n) is 12.3. The van der Waals surface area contributed by atoms with Gasteiger partial charge in [-0.1, -0.05) is 25.4 Å². The van der Waals surface area contributed by atoms with Crippen LogP contribution in [0.3, 0.4) is 0 Å². The minimum atomic E-state index is -0.0247. The largest absolute Gasteiger partial charge is 0.495 e. The van der Waals surface area contributed by atoms with Gasteiger partial charge in [-0.15, -0.1) is 0 Å². The molecule has 1 amide bonds. The summed E-state index contributed by atoms with van der Waals surface area (Å²) in [6.07, 6.45) is 1.57. The van der Waals surface area contributed by atoms with Gasteiger partial charge in [-0.2, -0.15) is 0 Å². The molecule has 1 aromatic rings. The molecule has 0 aliphatic heterocycles. The molecule has 0 unspecified atom stereocenters. The quantitative estimate of drug-likeness (QED) is 0.724. The van der Waals surface area contributed by atoms with Crippen LogP contribution in [0, 0.1) is 5.92 Å². The molecule has 2 N–H and O–H groups in total. The van der Waals surface area contributed by atoms with Gasteiger partial charge in [0.2, 0.25) is 5.91 Å². The Bertz CT molecular complexity index is 436. The van der Waals surface area contributed by atoms with Gasteiger partial charge in [0.15, 0.2) is 0 Å². The van der Waals surface area contributed by atoms with E-state index in [0.29, 0.717) is 35.3 Å². The van der Waals surface area contributed by atoms with Crippen LogP contribution in [0.15, 0.2) is 18.2 Å². The van der Waals surface area contributed by atoms with E-state index in [1.807, 2.05) is 0 Å². The van der Waals surface area contributed by atoms with Crippen LogP contribution in [-0.4, -0.2) is 26.1 Å². The molecule has 0 fully saturated rings. The third kappa shape index (κ3) is 6.26. The molecule has 0 spiro atoms. The second-order valence-electron chi connectivity index (χ2n) is 5.08. The van der Waals surface area contributed by atoms with Gasteiger partial charge in [0.1, 0.15) is 5.75 Å². The van der Waals surface area contributed by atoms with Crippen molar-refractivity contribution in [2.24, 2.45) is 5.92 Å². The fourth-order valence-electron chi connectivity index (χ4n) is 1.69. The van der Waals surface area contributed by atoms with Crippen LogP contribution in [0.4, 0.5) is 5.69 Å². The molecule has 0 aromatic heterocycles. The van der Waals surface area contributed by atoms with E-state index >= 15 is 0 Å². The molecule has 0 radical (unpaired) electrons. The van der Waals surface area contributed by atoms with Crippen molar-refractivity contribution in [3.05, 3.63) is 23.2 Å². The Balaban J connectivity index is 2.30. The summed E-state index contributed by atoms with van der Waals surface area (Å²) >= 11 is 6.00. The van der Waals surface area contributed by atoms with E-state index in [1.54, 1.807) is 25.3 Å². The summed E-state index contributed by atoms with van der Waals surface area (Å²) in [5, 5.41) is 6.56. The Hall–Kier alpha value is -1.26. The number of rotatable bonds is 8. The normalized spacial score (nSPS) is 10.7. The van der Waals surface area contributed by atoms with Gasteiger partial charge in [-0.05, 0) is 37.1 Å². The van der Waals surface area contributed by atoms with Gasteiger partial charge < -0.3 is 15.4 Å². The smallest absolute Gasteiger partial charge is 0.225 e. The van der Waals surface area contributed by atoms with Crippen LogP contribution in [0.1, 0.15) is 26.7 Å². The molecular formula is C15H23ClN2O2. The van der Waals surface area contributed by atoms with Crippen molar-refractivity contribution in [2.75, 3.05) is 25.5 Å². The zero-order chi connectivity index (χ0) is 15.0. The van der Waals surface area contributed by atoms with Crippen LogP contribution < -0.4 is 15.4 Å². The number of hydrogen-bond donors (Lipinski definition) is 2.